The van der Waals surface area contributed by atoms with Gasteiger partial charge in [-0.3, -0.25) is 4.79 Å². The van der Waals surface area contributed by atoms with Crippen molar-refractivity contribution in [2.75, 3.05) is 29.9 Å². The Bertz CT molecular complexity index is 740. The first-order valence-electron chi connectivity index (χ1n) is 9.26. The van der Waals surface area contributed by atoms with E-state index < -0.39 is 0 Å². The van der Waals surface area contributed by atoms with Gasteiger partial charge in [-0.2, -0.15) is 0 Å². The zero-order valence-corrected chi connectivity index (χ0v) is 15.9. The molecule has 0 aromatic heterocycles. The molecule has 1 amide bonds. The average molecular weight is 373 g/mol. The third-order valence-electron chi connectivity index (χ3n) is 4.56. The number of ether oxygens (including phenoxy) is 1. The van der Waals surface area contributed by atoms with Gasteiger partial charge in [0.1, 0.15) is 5.75 Å². The molecule has 1 N–H and O–H groups in total. The minimum Gasteiger partial charge on any atom is -0.494 e. The van der Waals surface area contributed by atoms with E-state index in [1.165, 1.54) is 12.8 Å². The molecular formula is C21H25ClN2O2. The molecule has 26 heavy (non-hydrogen) atoms. The summed E-state index contributed by atoms with van der Waals surface area (Å²) < 4.78 is 5.62. The van der Waals surface area contributed by atoms with Crippen molar-refractivity contribution in [2.45, 2.75) is 32.6 Å². The van der Waals surface area contributed by atoms with Gasteiger partial charge in [0.2, 0.25) is 0 Å². The predicted octanol–water partition coefficient (Wildman–Crippen LogP) is 5.37. The smallest absolute Gasteiger partial charge is 0.255 e. The van der Waals surface area contributed by atoms with Crippen LogP contribution in [-0.2, 0) is 0 Å². The first kappa shape index (κ1) is 18.6. The summed E-state index contributed by atoms with van der Waals surface area (Å²) in [6.07, 6.45) is 4.55. The molecule has 1 saturated heterocycles. The predicted molar refractivity (Wildman–Crippen MR) is 108 cm³/mol. The number of hydrogen-bond donors (Lipinski definition) is 1. The van der Waals surface area contributed by atoms with Gasteiger partial charge in [0.15, 0.2) is 0 Å². The van der Waals surface area contributed by atoms with E-state index in [-0.39, 0.29) is 5.91 Å². The number of nitrogens with one attached hydrogen (secondary N) is 1. The number of nitrogens with zero attached hydrogens (tertiary/aromatic N) is 1. The van der Waals surface area contributed by atoms with Crippen molar-refractivity contribution in [1.29, 1.82) is 0 Å². The lowest BCUT2D eigenvalue weighted by atomic mass is 10.2. The summed E-state index contributed by atoms with van der Waals surface area (Å²) in [6, 6.07) is 13.0. The Morgan fingerprint density at radius 1 is 1.15 bits per heavy atom. The van der Waals surface area contributed by atoms with Crippen LogP contribution in [0.2, 0.25) is 5.02 Å². The Balaban J connectivity index is 1.62. The van der Waals surface area contributed by atoms with E-state index in [1.807, 2.05) is 30.3 Å². The van der Waals surface area contributed by atoms with Gasteiger partial charge in [0.05, 0.1) is 17.3 Å². The molecule has 4 nitrogen and oxygen atoms in total. The third kappa shape index (κ3) is 4.70. The SMILES string of the molecule is CCCCOc1ccc(C(=O)Nc2ccc(N3CCCC3)cc2Cl)cc1. The fourth-order valence-corrected chi connectivity index (χ4v) is 3.23. The van der Waals surface area contributed by atoms with Crippen LogP contribution in [0.1, 0.15) is 43.0 Å². The van der Waals surface area contributed by atoms with Crippen molar-refractivity contribution in [2.24, 2.45) is 0 Å². The van der Waals surface area contributed by atoms with Crippen molar-refractivity contribution in [3.8, 4) is 5.75 Å². The molecule has 2 aromatic carbocycles. The molecule has 0 radical (unpaired) electrons. The Hall–Kier alpha value is -2.20. The summed E-state index contributed by atoms with van der Waals surface area (Å²) in [7, 11) is 0. The van der Waals surface area contributed by atoms with Crippen molar-refractivity contribution in [3.63, 3.8) is 0 Å². The molecule has 1 aliphatic heterocycles. The summed E-state index contributed by atoms with van der Waals surface area (Å²) in [5.41, 5.74) is 2.31. The molecule has 5 heteroatoms. The molecule has 0 unspecified atom stereocenters. The van der Waals surface area contributed by atoms with Gasteiger partial charge in [-0.25, -0.2) is 0 Å². The van der Waals surface area contributed by atoms with Gasteiger partial charge in [-0.05, 0) is 61.7 Å². The topological polar surface area (TPSA) is 41.6 Å². The van der Waals surface area contributed by atoms with Gasteiger partial charge in [0.25, 0.3) is 5.91 Å². The van der Waals surface area contributed by atoms with Gasteiger partial charge >= 0.3 is 0 Å². The number of benzene rings is 2. The second-order valence-corrected chi connectivity index (χ2v) is 6.95. The summed E-state index contributed by atoms with van der Waals surface area (Å²) >= 11 is 6.37. The molecule has 0 aliphatic carbocycles. The molecule has 138 valence electrons. The van der Waals surface area contributed by atoms with Gasteiger partial charge < -0.3 is 15.0 Å². The first-order chi connectivity index (χ1) is 12.7. The molecular weight excluding hydrogens is 348 g/mol. The van der Waals surface area contributed by atoms with Crippen LogP contribution in [0.5, 0.6) is 5.75 Å². The number of amides is 1. The van der Waals surface area contributed by atoms with Gasteiger partial charge in [-0.1, -0.05) is 24.9 Å². The van der Waals surface area contributed by atoms with Crippen molar-refractivity contribution >= 4 is 28.9 Å². The molecule has 1 aliphatic rings. The quantitative estimate of drug-likeness (QED) is 0.664. The molecule has 1 fully saturated rings. The molecule has 1 heterocycles. The van der Waals surface area contributed by atoms with E-state index in [2.05, 4.69) is 17.1 Å². The Morgan fingerprint density at radius 2 is 1.88 bits per heavy atom. The Morgan fingerprint density at radius 3 is 2.54 bits per heavy atom. The highest BCUT2D eigenvalue weighted by Gasteiger charge is 2.15. The zero-order chi connectivity index (χ0) is 18.4. The van der Waals surface area contributed by atoms with Crippen LogP contribution in [0.3, 0.4) is 0 Å². The molecule has 0 saturated carbocycles. The fourth-order valence-electron chi connectivity index (χ4n) is 3.01. The average Bonchev–Trinajstić information content (AvgIpc) is 3.19. The molecule has 0 bridgehead atoms. The van der Waals surface area contributed by atoms with E-state index in [0.717, 1.165) is 37.4 Å². The maximum atomic E-state index is 12.5. The van der Waals surface area contributed by atoms with Gasteiger partial charge in [0, 0.05) is 24.3 Å². The maximum Gasteiger partial charge on any atom is 0.255 e. The fraction of sp³-hybridized carbons (Fsp3) is 0.381. The molecule has 0 atom stereocenters. The summed E-state index contributed by atoms with van der Waals surface area (Å²) in [5.74, 6) is 0.601. The number of rotatable bonds is 7. The summed E-state index contributed by atoms with van der Waals surface area (Å²) in [4.78, 5) is 14.8. The van der Waals surface area contributed by atoms with E-state index in [9.17, 15) is 4.79 Å². The number of carbonyl (C=O) groups is 1. The number of hydrogen-bond acceptors (Lipinski definition) is 3. The van der Waals surface area contributed by atoms with E-state index in [0.29, 0.717) is 22.9 Å². The van der Waals surface area contributed by atoms with Crippen molar-refractivity contribution < 1.29 is 9.53 Å². The standard InChI is InChI=1S/C21H25ClN2O2/c1-2-3-14-26-18-9-6-16(7-10-18)21(25)23-20-11-8-17(15-19(20)22)24-12-4-5-13-24/h6-11,15H,2-5,12-14H2,1H3,(H,23,25). The second-order valence-electron chi connectivity index (χ2n) is 6.54. The molecule has 3 rings (SSSR count). The lowest BCUT2D eigenvalue weighted by Gasteiger charge is -2.18. The summed E-state index contributed by atoms with van der Waals surface area (Å²) in [6.45, 7) is 4.95. The maximum absolute atomic E-state index is 12.5. The Labute approximate surface area is 160 Å². The minimum absolute atomic E-state index is 0.180. The first-order valence-corrected chi connectivity index (χ1v) is 9.64. The second kappa shape index (κ2) is 8.95. The van der Waals surface area contributed by atoms with Crippen LogP contribution in [0.25, 0.3) is 0 Å². The third-order valence-corrected chi connectivity index (χ3v) is 4.87. The van der Waals surface area contributed by atoms with E-state index in [1.54, 1.807) is 12.1 Å². The number of carbonyl (C=O) groups excluding carboxylic acids is 1. The van der Waals surface area contributed by atoms with Crippen molar-refractivity contribution in [1.82, 2.24) is 0 Å². The minimum atomic E-state index is -0.180. The number of unbranched alkanes of at least 4 members (excludes halogenated alkanes) is 1. The molecule has 2 aromatic rings. The van der Waals surface area contributed by atoms with Crippen LogP contribution < -0.4 is 15.0 Å². The highest BCUT2D eigenvalue weighted by atomic mass is 35.5. The van der Waals surface area contributed by atoms with Crippen LogP contribution in [0.4, 0.5) is 11.4 Å². The van der Waals surface area contributed by atoms with Crippen LogP contribution in [-0.4, -0.2) is 25.6 Å². The monoisotopic (exact) mass is 372 g/mol. The Kier molecular flexibility index (Phi) is 6.40. The number of anilines is 2. The largest absolute Gasteiger partial charge is 0.494 e. The van der Waals surface area contributed by atoms with Gasteiger partial charge in [-0.15, -0.1) is 0 Å². The van der Waals surface area contributed by atoms with E-state index >= 15 is 0 Å². The van der Waals surface area contributed by atoms with Crippen LogP contribution >= 0.6 is 11.6 Å². The summed E-state index contributed by atoms with van der Waals surface area (Å²) in [5, 5.41) is 3.44. The van der Waals surface area contributed by atoms with Crippen molar-refractivity contribution in [3.05, 3.63) is 53.1 Å². The molecule has 0 spiro atoms. The van der Waals surface area contributed by atoms with Crippen LogP contribution in [0, 0.1) is 0 Å². The lowest BCUT2D eigenvalue weighted by molar-refractivity contribution is 0.102. The normalized spacial score (nSPS) is 13.7. The lowest BCUT2D eigenvalue weighted by Crippen LogP contribution is -2.18. The highest BCUT2D eigenvalue weighted by molar-refractivity contribution is 6.34. The zero-order valence-electron chi connectivity index (χ0n) is 15.1. The van der Waals surface area contributed by atoms with E-state index in [4.69, 9.17) is 16.3 Å². The number of halogens is 1. The van der Waals surface area contributed by atoms with Crippen LogP contribution in [0.15, 0.2) is 42.5 Å². The highest BCUT2D eigenvalue weighted by Crippen LogP contribution is 2.29.